The summed E-state index contributed by atoms with van der Waals surface area (Å²) in [6.07, 6.45) is 17.7. The molecule has 0 bridgehead atoms. The van der Waals surface area contributed by atoms with E-state index in [-0.39, 0.29) is 6.29 Å². The molecule has 3 heteroatoms. The van der Waals surface area contributed by atoms with Crippen molar-refractivity contribution in [2.75, 3.05) is 13.2 Å². The first-order valence-electron chi connectivity index (χ1n) is 12.8. The summed E-state index contributed by atoms with van der Waals surface area (Å²) in [5.41, 5.74) is 1.46. The van der Waals surface area contributed by atoms with Crippen LogP contribution >= 0.6 is 11.6 Å². The van der Waals surface area contributed by atoms with Gasteiger partial charge >= 0.3 is 0 Å². The van der Waals surface area contributed by atoms with Crippen LogP contribution in [0.4, 0.5) is 0 Å². The summed E-state index contributed by atoms with van der Waals surface area (Å²) in [5, 5.41) is 0.836. The smallest absolute Gasteiger partial charge is 0.157 e. The van der Waals surface area contributed by atoms with E-state index < -0.39 is 0 Å². The molecule has 3 aliphatic rings. The van der Waals surface area contributed by atoms with Crippen molar-refractivity contribution in [3.63, 3.8) is 0 Å². The second-order valence-corrected chi connectivity index (χ2v) is 10.8. The highest BCUT2D eigenvalue weighted by Gasteiger charge is 2.32. The first-order chi connectivity index (χ1) is 15.2. The Kier molecular flexibility index (Phi) is 8.93. The molecule has 0 aromatic heterocycles. The predicted molar refractivity (Wildman–Crippen MR) is 129 cm³/mol. The summed E-state index contributed by atoms with van der Waals surface area (Å²) in [6.45, 7) is 5.69. The summed E-state index contributed by atoms with van der Waals surface area (Å²) in [5.74, 6) is 3.89. The Balaban J connectivity index is 1.10. The number of benzene rings is 1. The van der Waals surface area contributed by atoms with Gasteiger partial charge in [-0.3, -0.25) is 0 Å². The van der Waals surface area contributed by atoms with Crippen LogP contribution in [0.3, 0.4) is 0 Å². The highest BCUT2D eigenvalue weighted by Crippen LogP contribution is 2.39. The van der Waals surface area contributed by atoms with Crippen molar-refractivity contribution in [1.29, 1.82) is 0 Å². The van der Waals surface area contributed by atoms with Crippen LogP contribution in [0.5, 0.6) is 0 Å². The van der Waals surface area contributed by atoms with E-state index in [0.717, 1.165) is 42.4 Å². The Hall–Kier alpha value is -0.830. The van der Waals surface area contributed by atoms with E-state index in [9.17, 15) is 0 Å². The van der Waals surface area contributed by atoms with E-state index in [1.165, 1.54) is 76.2 Å². The van der Waals surface area contributed by atoms with Gasteiger partial charge in [-0.25, -0.2) is 0 Å². The van der Waals surface area contributed by atoms with Crippen LogP contribution in [0.2, 0.25) is 5.02 Å². The molecular formula is C28H41ClO2. The lowest BCUT2D eigenvalue weighted by Crippen LogP contribution is -2.37. The highest BCUT2D eigenvalue weighted by molar-refractivity contribution is 6.30. The minimum absolute atomic E-state index is 0.0363. The monoisotopic (exact) mass is 444 g/mol. The fraction of sp³-hybridized carbons (Fsp3) is 0.714. The van der Waals surface area contributed by atoms with Crippen LogP contribution < -0.4 is 0 Å². The van der Waals surface area contributed by atoms with Gasteiger partial charge in [0.05, 0.1) is 13.2 Å². The van der Waals surface area contributed by atoms with E-state index in [4.69, 9.17) is 21.1 Å². The van der Waals surface area contributed by atoms with Crippen LogP contribution in [0, 0.1) is 23.7 Å². The van der Waals surface area contributed by atoms with Crippen LogP contribution in [-0.2, 0) is 9.47 Å². The van der Waals surface area contributed by atoms with Gasteiger partial charge in [-0.1, -0.05) is 42.7 Å². The maximum absolute atomic E-state index is 6.18. The molecular weight excluding hydrogens is 404 g/mol. The van der Waals surface area contributed by atoms with Gasteiger partial charge in [-0.05, 0) is 106 Å². The molecule has 0 amide bonds. The molecule has 0 radical (unpaired) electrons. The summed E-state index contributed by atoms with van der Waals surface area (Å²) >= 11 is 6.04. The van der Waals surface area contributed by atoms with Crippen LogP contribution in [0.25, 0.3) is 0 Å². The summed E-state index contributed by atoms with van der Waals surface area (Å²) in [7, 11) is 0. The van der Waals surface area contributed by atoms with E-state index in [0.29, 0.717) is 11.8 Å². The zero-order valence-corrected chi connectivity index (χ0v) is 19.9. The fourth-order valence-electron chi connectivity index (χ4n) is 6.19. The minimum Gasteiger partial charge on any atom is -0.352 e. The van der Waals surface area contributed by atoms with Crippen molar-refractivity contribution in [2.45, 2.75) is 89.3 Å². The molecule has 1 aromatic rings. The molecule has 1 aromatic carbocycles. The lowest BCUT2D eigenvalue weighted by molar-refractivity contribution is -0.213. The average molecular weight is 445 g/mol. The van der Waals surface area contributed by atoms with Gasteiger partial charge in [0.2, 0.25) is 0 Å². The molecule has 2 nitrogen and oxygen atoms in total. The number of hydrogen-bond acceptors (Lipinski definition) is 2. The molecule has 1 aliphatic heterocycles. The van der Waals surface area contributed by atoms with E-state index >= 15 is 0 Å². The van der Waals surface area contributed by atoms with Crippen molar-refractivity contribution >= 4 is 11.6 Å². The second kappa shape index (κ2) is 11.9. The van der Waals surface area contributed by atoms with E-state index in [1.807, 2.05) is 12.1 Å². The molecule has 2 aliphatic carbocycles. The third-order valence-electron chi connectivity index (χ3n) is 8.33. The molecule has 31 heavy (non-hydrogen) atoms. The minimum atomic E-state index is 0.0363. The van der Waals surface area contributed by atoms with Crippen molar-refractivity contribution in [1.82, 2.24) is 0 Å². The van der Waals surface area contributed by atoms with Gasteiger partial charge in [0.1, 0.15) is 0 Å². The van der Waals surface area contributed by atoms with E-state index in [2.05, 4.69) is 24.8 Å². The largest absolute Gasteiger partial charge is 0.352 e. The Labute approximate surface area is 194 Å². The fourth-order valence-corrected chi connectivity index (χ4v) is 6.32. The Bertz CT molecular complexity index is 648. The predicted octanol–water partition coefficient (Wildman–Crippen LogP) is 8.16. The zero-order valence-electron chi connectivity index (χ0n) is 19.2. The topological polar surface area (TPSA) is 18.5 Å². The number of allylic oxidation sites excluding steroid dienone is 1. The van der Waals surface area contributed by atoms with Crippen molar-refractivity contribution in [3.8, 4) is 0 Å². The van der Waals surface area contributed by atoms with Crippen molar-refractivity contribution in [3.05, 3.63) is 47.5 Å². The SMILES string of the molecule is C=CCCC1CCC(C2COC(CCC3CCC(c4ccc(Cl)cc4)CC3)OC2)CC1. The van der Waals surface area contributed by atoms with Gasteiger partial charge in [0, 0.05) is 10.9 Å². The molecule has 2 saturated carbocycles. The highest BCUT2D eigenvalue weighted by atomic mass is 35.5. The lowest BCUT2D eigenvalue weighted by atomic mass is 9.75. The van der Waals surface area contributed by atoms with Crippen LogP contribution in [0.15, 0.2) is 36.9 Å². The molecule has 172 valence electrons. The molecule has 3 fully saturated rings. The standard InChI is InChI=1S/C28H41ClO2/c1-2-3-4-21-5-12-25(13-6-21)26-19-30-28(31-20-26)18-9-22-7-10-23(11-8-22)24-14-16-27(29)17-15-24/h2,14-17,21-23,25-26,28H,1,3-13,18-20H2. The number of rotatable bonds is 8. The van der Waals surface area contributed by atoms with Gasteiger partial charge in [0.15, 0.2) is 6.29 Å². The third kappa shape index (κ3) is 6.83. The van der Waals surface area contributed by atoms with Gasteiger partial charge < -0.3 is 9.47 Å². The maximum atomic E-state index is 6.18. The first kappa shape index (κ1) is 23.3. The van der Waals surface area contributed by atoms with Crippen molar-refractivity contribution in [2.24, 2.45) is 23.7 Å². The first-order valence-corrected chi connectivity index (χ1v) is 13.2. The number of hydrogen-bond donors (Lipinski definition) is 0. The maximum Gasteiger partial charge on any atom is 0.157 e. The zero-order chi connectivity index (χ0) is 21.5. The average Bonchev–Trinajstić information content (AvgIpc) is 2.83. The third-order valence-corrected chi connectivity index (χ3v) is 8.58. The van der Waals surface area contributed by atoms with Gasteiger partial charge in [-0.15, -0.1) is 6.58 Å². The Morgan fingerprint density at radius 3 is 2.03 bits per heavy atom. The molecule has 0 unspecified atom stereocenters. The quantitative estimate of drug-likeness (QED) is 0.376. The molecule has 0 atom stereocenters. The summed E-state index contributed by atoms with van der Waals surface area (Å²) in [6, 6.07) is 8.48. The molecule has 1 saturated heterocycles. The normalized spacial score (nSPS) is 34.4. The van der Waals surface area contributed by atoms with E-state index in [1.54, 1.807) is 0 Å². The van der Waals surface area contributed by atoms with Crippen molar-refractivity contribution < 1.29 is 9.47 Å². The molecule has 1 heterocycles. The van der Waals surface area contributed by atoms with Gasteiger partial charge in [-0.2, -0.15) is 0 Å². The lowest BCUT2D eigenvalue weighted by Gasteiger charge is -2.38. The Morgan fingerprint density at radius 2 is 1.39 bits per heavy atom. The number of halogens is 1. The van der Waals surface area contributed by atoms with Crippen LogP contribution in [0.1, 0.15) is 88.5 Å². The summed E-state index contributed by atoms with van der Waals surface area (Å²) < 4.78 is 12.4. The molecule has 0 N–H and O–H groups in total. The Morgan fingerprint density at radius 1 is 0.774 bits per heavy atom. The summed E-state index contributed by atoms with van der Waals surface area (Å²) in [4.78, 5) is 0. The molecule has 4 rings (SSSR count). The number of ether oxygens (including phenoxy) is 2. The molecule has 0 spiro atoms. The second-order valence-electron chi connectivity index (χ2n) is 10.3. The van der Waals surface area contributed by atoms with Crippen LogP contribution in [-0.4, -0.2) is 19.5 Å². The van der Waals surface area contributed by atoms with Gasteiger partial charge in [0.25, 0.3) is 0 Å².